The van der Waals surface area contributed by atoms with E-state index >= 15 is 0 Å². The molecule has 1 fully saturated rings. The molecule has 0 unspecified atom stereocenters. The summed E-state index contributed by atoms with van der Waals surface area (Å²) in [5, 5.41) is 3.33. The maximum absolute atomic E-state index is 12.0. The van der Waals surface area contributed by atoms with Crippen molar-refractivity contribution in [2.75, 3.05) is 11.6 Å². The molecule has 1 N–H and O–H groups in total. The second-order valence-corrected chi connectivity index (χ2v) is 9.62. The van der Waals surface area contributed by atoms with Crippen molar-refractivity contribution in [1.29, 1.82) is 0 Å². The van der Waals surface area contributed by atoms with E-state index in [9.17, 15) is 8.42 Å². The third kappa shape index (κ3) is 3.65. The Bertz CT molecular complexity index is 894. The molecule has 0 saturated carbocycles. The van der Waals surface area contributed by atoms with Crippen LogP contribution in [0.1, 0.15) is 27.7 Å². The minimum Gasteiger partial charge on any atom is -0.399 e. The molecule has 1 aliphatic heterocycles. The van der Waals surface area contributed by atoms with Crippen molar-refractivity contribution in [3.05, 3.63) is 48.5 Å². The van der Waals surface area contributed by atoms with Gasteiger partial charge in [-0.2, -0.15) is 0 Å². The molecule has 0 bridgehead atoms. The second-order valence-electron chi connectivity index (χ2n) is 7.60. The van der Waals surface area contributed by atoms with Gasteiger partial charge in [-0.05, 0) is 58.0 Å². The molecule has 26 heavy (non-hydrogen) atoms. The average molecular weight is 373 g/mol. The first-order chi connectivity index (χ1) is 12.0. The molecule has 7 heteroatoms. The highest BCUT2D eigenvalue weighted by atomic mass is 32.2. The van der Waals surface area contributed by atoms with E-state index in [1.165, 1.54) is 6.26 Å². The summed E-state index contributed by atoms with van der Waals surface area (Å²) in [6, 6.07) is 14.7. The Morgan fingerprint density at radius 1 is 0.923 bits per heavy atom. The number of benzene rings is 2. The summed E-state index contributed by atoms with van der Waals surface area (Å²) >= 11 is 0. The van der Waals surface area contributed by atoms with E-state index < -0.39 is 28.2 Å². The van der Waals surface area contributed by atoms with Crippen LogP contribution >= 0.6 is 0 Å². The van der Waals surface area contributed by atoms with E-state index in [0.717, 1.165) is 11.4 Å². The largest absolute Gasteiger partial charge is 0.497 e. The molecule has 1 aliphatic rings. The van der Waals surface area contributed by atoms with Crippen LogP contribution in [0.2, 0.25) is 0 Å². The van der Waals surface area contributed by atoms with Gasteiger partial charge >= 0.3 is 7.12 Å². The highest BCUT2D eigenvalue weighted by Gasteiger charge is 2.52. The summed E-state index contributed by atoms with van der Waals surface area (Å²) in [5.74, 6) is 0. The normalized spacial score (nSPS) is 18.7. The first-order valence-corrected chi connectivity index (χ1v) is 10.4. The van der Waals surface area contributed by atoms with Crippen molar-refractivity contribution in [2.24, 2.45) is 0 Å². The number of anilines is 2. The molecule has 1 heterocycles. The monoisotopic (exact) mass is 373 g/mol. The van der Waals surface area contributed by atoms with E-state index in [1.807, 2.05) is 58.0 Å². The fraction of sp³-hybridized carbons (Fsp3) is 0.368. The fourth-order valence-electron chi connectivity index (χ4n) is 2.73. The molecule has 0 spiro atoms. The lowest BCUT2D eigenvalue weighted by Gasteiger charge is -2.32. The van der Waals surface area contributed by atoms with Crippen molar-refractivity contribution in [3.63, 3.8) is 0 Å². The molecule has 138 valence electrons. The number of para-hydroxylation sites is 1. The number of hydrogen-bond donors (Lipinski definition) is 1. The molecular formula is C19H24BNO4S. The second kappa shape index (κ2) is 6.41. The molecule has 0 amide bonds. The fourth-order valence-corrected chi connectivity index (χ4v) is 3.38. The average Bonchev–Trinajstić information content (AvgIpc) is 2.75. The van der Waals surface area contributed by atoms with Gasteiger partial charge in [0.1, 0.15) is 0 Å². The van der Waals surface area contributed by atoms with Crippen LogP contribution in [0.15, 0.2) is 53.4 Å². The topological polar surface area (TPSA) is 64.6 Å². The molecular weight excluding hydrogens is 349 g/mol. The molecule has 2 aromatic rings. The van der Waals surface area contributed by atoms with E-state index in [2.05, 4.69) is 5.32 Å². The van der Waals surface area contributed by atoms with Crippen LogP contribution in [0.4, 0.5) is 11.4 Å². The Kier molecular flexibility index (Phi) is 4.67. The van der Waals surface area contributed by atoms with Gasteiger partial charge in [-0.25, -0.2) is 8.42 Å². The van der Waals surface area contributed by atoms with Gasteiger partial charge in [-0.3, -0.25) is 0 Å². The van der Waals surface area contributed by atoms with Crippen molar-refractivity contribution < 1.29 is 17.7 Å². The van der Waals surface area contributed by atoms with Crippen LogP contribution in [0, 0.1) is 0 Å². The van der Waals surface area contributed by atoms with Gasteiger partial charge in [-0.15, -0.1) is 0 Å². The van der Waals surface area contributed by atoms with Crippen LogP contribution in [-0.4, -0.2) is 33.0 Å². The summed E-state index contributed by atoms with van der Waals surface area (Å²) in [7, 11) is -4.00. The van der Waals surface area contributed by atoms with Crippen molar-refractivity contribution in [2.45, 2.75) is 43.8 Å². The standard InChI is InChI=1S/C19H24BNO4S/c1-18(2)19(3,4)25-20(24-18)16-13-15(26(5,22)23)11-12-17(16)21-14-9-7-6-8-10-14/h6-13,21H,1-5H3. The van der Waals surface area contributed by atoms with Crippen LogP contribution in [0.25, 0.3) is 0 Å². The maximum atomic E-state index is 12.0. The Morgan fingerprint density at radius 3 is 2.04 bits per heavy atom. The van der Waals surface area contributed by atoms with Crippen molar-refractivity contribution in [1.82, 2.24) is 0 Å². The highest BCUT2D eigenvalue weighted by Crippen LogP contribution is 2.37. The molecule has 1 saturated heterocycles. The molecule has 0 radical (unpaired) electrons. The third-order valence-corrected chi connectivity index (χ3v) is 6.12. The van der Waals surface area contributed by atoms with Gasteiger partial charge in [0.25, 0.3) is 0 Å². The lowest BCUT2D eigenvalue weighted by Crippen LogP contribution is -2.41. The Morgan fingerprint density at radius 2 is 1.50 bits per heavy atom. The number of nitrogens with one attached hydrogen (secondary N) is 1. The summed E-state index contributed by atoms with van der Waals surface area (Å²) in [5.41, 5.74) is 1.29. The molecule has 0 aromatic heterocycles. The smallest absolute Gasteiger partial charge is 0.399 e. The minimum absolute atomic E-state index is 0.237. The summed E-state index contributed by atoms with van der Waals surface area (Å²) in [6.45, 7) is 7.88. The Hall–Kier alpha value is -1.83. The maximum Gasteiger partial charge on any atom is 0.497 e. The van der Waals surface area contributed by atoms with Crippen LogP contribution in [-0.2, 0) is 19.1 Å². The molecule has 3 rings (SSSR count). The molecule has 2 aromatic carbocycles. The SMILES string of the molecule is CC1(C)OB(c2cc(S(C)(=O)=O)ccc2Nc2ccccc2)OC1(C)C. The van der Waals surface area contributed by atoms with Crippen molar-refractivity contribution >= 4 is 33.8 Å². The first-order valence-electron chi connectivity index (χ1n) is 8.51. The van der Waals surface area contributed by atoms with Gasteiger partial charge < -0.3 is 14.6 Å². The zero-order chi connectivity index (χ0) is 19.2. The van der Waals surface area contributed by atoms with Crippen LogP contribution in [0.5, 0.6) is 0 Å². The van der Waals surface area contributed by atoms with Gasteiger partial charge in [0.15, 0.2) is 9.84 Å². The predicted octanol–water partition coefficient (Wildman–Crippen LogP) is 3.13. The minimum atomic E-state index is -3.34. The zero-order valence-electron chi connectivity index (χ0n) is 15.7. The molecule has 0 aliphatic carbocycles. The number of hydrogen-bond acceptors (Lipinski definition) is 5. The van der Waals surface area contributed by atoms with E-state index in [0.29, 0.717) is 5.46 Å². The molecule has 5 nitrogen and oxygen atoms in total. The first kappa shape index (κ1) is 19.0. The molecule has 0 atom stereocenters. The summed E-state index contributed by atoms with van der Waals surface area (Å²) in [6.07, 6.45) is 1.20. The van der Waals surface area contributed by atoms with E-state index in [1.54, 1.807) is 18.2 Å². The Balaban J connectivity index is 2.06. The van der Waals surface area contributed by atoms with E-state index in [-0.39, 0.29) is 4.90 Å². The lowest BCUT2D eigenvalue weighted by molar-refractivity contribution is 0.00578. The summed E-state index contributed by atoms with van der Waals surface area (Å²) < 4.78 is 36.3. The quantitative estimate of drug-likeness (QED) is 0.835. The summed E-state index contributed by atoms with van der Waals surface area (Å²) in [4.78, 5) is 0.237. The Labute approximate surface area is 155 Å². The zero-order valence-corrected chi connectivity index (χ0v) is 16.6. The van der Waals surface area contributed by atoms with Gasteiger partial charge in [0, 0.05) is 23.1 Å². The van der Waals surface area contributed by atoms with Crippen LogP contribution in [0.3, 0.4) is 0 Å². The highest BCUT2D eigenvalue weighted by molar-refractivity contribution is 7.90. The number of sulfone groups is 1. The van der Waals surface area contributed by atoms with Gasteiger partial charge in [0.05, 0.1) is 16.1 Å². The van der Waals surface area contributed by atoms with Gasteiger partial charge in [0.2, 0.25) is 0 Å². The predicted molar refractivity (Wildman–Crippen MR) is 105 cm³/mol. The third-order valence-electron chi connectivity index (χ3n) is 5.01. The van der Waals surface area contributed by atoms with Gasteiger partial charge in [-0.1, -0.05) is 18.2 Å². The van der Waals surface area contributed by atoms with Crippen LogP contribution < -0.4 is 10.8 Å². The van der Waals surface area contributed by atoms with Crippen molar-refractivity contribution in [3.8, 4) is 0 Å². The lowest BCUT2D eigenvalue weighted by atomic mass is 9.77. The van der Waals surface area contributed by atoms with E-state index in [4.69, 9.17) is 9.31 Å². The number of rotatable bonds is 4.